The second-order valence-corrected chi connectivity index (χ2v) is 14.3. The summed E-state index contributed by atoms with van der Waals surface area (Å²) in [5.74, 6) is -3.72. The van der Waals surface area contributed by atoms with Gasteiger partial charge in [-0.25, -0.2) is 0 Å². The Balaban J connectivity index is 1.87. The average molecular weight is 599 g/mol. The lowest BCUT2D eigenvalue weighted by atomic mass is 9.42. The van der Waals surface area contributed by atoms with Crippen LogP contribution in [-0.4, -0.2) is 59.0 Å². The van der Waals surface area contributed by atoms with Crippen LogP contribution in [0.2, 0.25) is 0 Å². The minimum Gasteiger partial charge on any atom is -0.466 e. The van der Waals surface area contributed by atoms with Gasteiger partial charge in [-0.15, -0.1) is 0 Å². The van der Waals surface area contributed by atoms with E-state index in [-0.39, 0.29) is 55.6 Å². The summed E-state index contributed by atoms with van der Waals surface area (Å²) in [6.07, 6.45) is -0.309. The number of carbonyl (C=O) groups excluding carboxylic acids is 6. The summed E-state index contributed by atoms with van der Waals surface area (Å²) in [4.78, 5) is 79.6. The van der Waals surface area contributed by atoms with E-state index in [1.165, 1.54) is 13.0 Å². The van der Waals surface area contributed by atoms with Crippen LogP contribution in [0.25, 0.3) is 0 Å². The Labute approximate surface area is 253 Å². The van der Waals surface area contributed by atoms with E-state index in [1.54, 1.807) is 34.6 Å². The monoisotopic (exact) mass is 598 g/mol. The van der Waals surface area contributed by atoms with Crippen LogP contribution in [0.1, 0.15) is 94.4 Å². The first-order valence-corrected chi connectivity index (χ1v) is 15.4. The first kappa shape index (κ1) is 33.0. The molecule has 0 aliphatic heterocycles. The summed E-state index contributed by atoms with van der Waals surface area (Å²) in [7, 11) is 0. The maximum Gasteiger partial charge on any atom is 0.309 e. The zero-order valence-corrected chi connectivity index (χ0v) is 26.9. The standard InChI is InChI=1S/C34H46O9/c1-10-42-30(41)18(3)14-20(36)13-17(2)21-15-25(39)34(9)26-22(37)16-23-31(5,6)24(38)11-12-32(23,7)27(26)28(40)29(33(21,34)8)43-19(4)35/h13,18,21-23,29,37H,10-12,14-16H2,1-9H3. The van der Waals surface area contributed by atoms with Crippen LogP contribution in [0, 0.1) is 39.4 Å². The number of hydrogen-bond acceptors (Lipinski definition) is 9. The van der Waals surface area contributed by atoms with Crippen molar-refractivity contribution in [2.75, 3.05) is 6.61 Å². The highest BCUT2D eigenvalue weighted by Crippen LogP contribution is 2.70. The Kier molecular flexibility index (Phi) is 8.35. The molecule has 0 aromatic rings. The van der Waals surface area contributed by atoms with E-state index >= 15 is 0 Å². The molecular weight excluding hydrogens is 552 g/mol. The number of fused-ring (bicyclic) bond motifs is 4. The van der Waals surface area contributed by atoms with Crippen molar-refractivity contribution in [3.8, 4) is 0 Å². The maximum absolute atomic E-state index is 14.7. The van der Waals surface area contributed by atoms with E-state index in [1.807, 2.05) is 20.8 Å². The molecule has 0 saturated heterocycles. The van der Waals surface area contributed by atoms with E-state index in [9.17, 15) is 33.9 Å². The van der Waals surface area contributed by atoms with Crippen LogP contribution in [0.4, 0.5) is 0 Å². The van der Waals surface area contributed by atoms with Crippen LogP contribution in [0.5, 0.6) is 0 Å². The Hall–Kier alpha value is -2.94. The van der Waals surface area contributed by atoms with Gasteiger partial charge in [-0.3, -0.25) is 28.8 Å². The molecule has 4 rings (SSSR count). The molecule has 236 valence electrons. The van der Waals surface area contributed by atoms with Crippen molar-refractivity contribution in [2.24, 2.45) is 39.4 Å². The van der Waals surface area contributed by atoms with E-state index in [2.05, 4.69) is 0 Å². The van der Waals surface area contributed by atoms with Crippen molar-refractivity contribution in [1.82, 2.24) is 0 Å². The number of hydrogen-bond donors (Lipinski definition) is 1. The molecule has 2 fully saturated rings. The molecule has 8 unspecified atom stereocenters. The summed E-state index contributed by atoms with van der Waals surface area (Å²) >= 11 is 0. The van der Waals surface area contributed by atoms with E-state index in [0.29, 0.717) is 23.1 Å². The lowest BCUT2D eigenvalue weighted by molar-refractivity contribution is -0.174. The van der Waals surface area contributed by atoms with Gasteiger partial charge in [0.15, 0.2) is 11.9 Å². The summed E-state index contributed by atoms with van der Waals surface area (Å²) in [5.41, 5.74) is -3.07. The van der Waals surface area contributed by atoms with Gasteiger partial charge in [0.05, 0.1) is 24.0 Å². The van der Waals surface area contributed by atoms with Gasteiger partial charge >= 0.3 is 11.9 Å². The molecule has 4 aliphatic carbocycles. The van der Waals surface area contributed by atoms with Gasteiger partial charge in [0.2, 0.25) is 5.78 Å². The molecule has 43 heavy (non-hydrogen) atoms. The van der Waals surface area contributed by atoms with Crippen LogP contribution in [0.15, 0.2) is 22.8 Å². The fourth-order valence-corrected chi connectivity index (χ4v) is 9.13. The molecule has 9 heteroatoms. The Morgan fingerprint density at radius 2 is 1.67 bits per heavy atom. The summed E-state index contributed by atoms with van der Waals surface area (Å²) in [5, 5.41) is 11.8. The Morgan fingerprint density at radius 1 is 1.05 bits per heavy atom. The minimum atomic E-state index is -1.38. The lowest BCUT2D eigenvalue weighted by Gasteiger charge is -2.61. The fourth-order valence-electron chi connectivity index (χ4n) is 9.13. The minimum absolute atomic E-state index is 0.0191. The maximum atomic E-state index is 14.7. The van der Waals surface area contributed by atoms with E-state index < -0.39 is 63.4 Å². The quantitative estimate of drug-likeness (QED) is 0.336. The predicted octanol–water partition coefficient (Wildman–Crippen LogP) is 4.28. The van der Waals surface area contributed by atoms with Crippen LogP contribution < -0.4 is 0 Å². The molecule has 0 bridgehead atoms. The summed E-state index contributed by atoms with van der Waals surface area (Å²) in [6.45, 7) is 15.6. The number of ether oxygens (including phenoxy) is 2. The highest BCUT2D eigenvalue weighted by atomic mass is 16.5. The second kappa shape index (κ2) is 10.9. The van der Waals surface area contributed by atoms with Gasteiger partial charge in [0.25, 0.3) is 0 Å². The van der Waals surface area contributed by atoms with Gasteiger partial charge < -0.3 is 14.6 Å². The number of Topliss-reactive ketones (excluding diaryl/α,β-unsaturated/α-hetero) is 3. The molecular formula is C34H46O9. The van der Waals surface area contributed by atoms with Gasteiger partial charge in [0.1, 0.15) is 11.6 Å². The lowest BCUT2D eigenvalue weighted by Crippen LogP contribution is -2.65. The topological polar surface area (TPSA) is 141 Å². The van der Waals surface area contributed by atoms with Crippen LogP contribution in [-0.2, 0) is 38.2 Å². The largest absolute Gasteiger partial charge is 0.466 e. The van der Waals surface area contributed by atoms with E-state index in [0.717, 1.165) is 0 Å². The number of ketones is 4. The number of rotatable bonds is 7. The Bertz CT molecular complexity index is 1350. The molecule has 1 N–H and O–H groups in total. The molecule has 0 heterocycles. The average Bonchev–Trinajstić information content (AvgIpc) is 3.12. The zero-order valence-electron chi connectivity index (χ0n) is 26.9. The second-order valence-electron chi connectivity index (χ2n) is 14.3. The first-order valence-electron chi connectivity index (χ1n) is 15.4. The molecule has 0 amide bonds. The van der Waals surface area contributed by atoms with Gasteiger partial charge in [-0.1, -0.05) is 40.2 Å². The SMILES string of the molecule is CCOC(=O)C(C)CC(=O)C=C(C)C1CC(=O)C2(C)C3=C(C(=O)C(OC(C)=O)C12C)C1(C)CCC(=O)C(C)(C)C1CC3O. The fraction of sp³-hybridized carbons (Fsp3) is 0.706. The van der Waals surface area contributed by atoms with Crippen molar-refractivity contribution in [2.45, 2.75) is 107 Å². The third-order valence-electron chi connectivity index (χ3n) is 11.6. The third kappa shape index (κ3) is 4.68. The number of esters is 2. The van der Waals surface area contributed by atoms with E-state index in [4.69, 9.17) is 9.47 Å². The number of carbonyl (C=O) groups is 6. The summed E-state index contributed by atoms with van der Waals surface area (Å²) in [6, 6.07) is 0. The van der Waals surface area contributed by atoms with Crippen molar-refractivity contribution < 1.29 is 43.3 Å². The zero-order chi connectivity index (χ0) is 32.4. The van der Waals surface area contributed by atoms with Crippen LogP contribution >= 0.6 is 0 Å². The predicted molar refractivity (Wildman–Crippen MR) is 156 cm³/mol. The molecule has 0 radical (unpaired) electrons. The summed E-state index contributed by atoms with van der Waals surface area (Å²) < 4.78 is 10.8. The van der Waals surface area contributed by atoms with Crippen molar-refractivity contribution in [3.63, 3.8) is 0 Å². The molecule has 8 atom stereocenters. The molecule has 2 saturated carbocycles. The molecule has 0 aromatic carbocycles. The number of allylic oxidation sites excluding steroid dienone is 2. The number of aliphatic hydroxyl groups excluding tert-OH is 1. The highest BCUT2D eigenvalue weighted by molar-refractivity contribution is 6.09. The molecule has 4 aliphatic rings. The van der Waals surface area contributed by atoms with Gasteiger partial charge in [0, 0.05) is 48.0 Å². The van der Waals surface area contributed by atoms with Crippen LogP contribution in [0.3, 0.4) is 0 Å². The third-order valence-corrected chi connectivity index (χ3v) is 11.6. The van der Waals surface area contributed by atoms with Gasteiger partial charge in [-0.05, 0) is 57.1 Å². The smallest absolute Gasteiger partial charge is 0.309 e. The normalized spacial score (nSPS) is 37.7. The molecule has 9 nitrogen and oxygen atoms in total. The molecule has 0 spiro atoms. The van der Waals surface area contributed by atoms with Crippen molar-refractivity contribution in [3.05, 3.63) is 22.8 Å². The Morgan fingerprint density at radius 3 is 2.26 bits per heavy atom. The number of aliphatic hydroxyl groups is 1. The van der Waals surface area contributed by atoms with Crippen molar-refractivity contribution in [1.29, 1.82) is 0 Å². The highest BCUT2D eigenvalue weighted by Gasteiger charge is 2.74. The first-order chi connectivity index (χ1) is 19.8. The van der Waals surface area contributed by atoms with Crippen molar-refractivity contribution >= 4 is 35.1 Å². The molecule has 0 aromatic heterocycles. The van der Waals surface area contributed by atoms with Gasteiger partial charge in [-0.2, -0.15) is 0 Å².